The molecule has 0 aliphatic heterocycles. The number of hydrogen-bond donors (Lipinski definition) is 2. The first-order valence-electron chi connectivity index (χ1n) is 5.70. The van der Waals surface area contributed by atoms with E-state index in [0.717, 1.165) is 0 Å². The van der Waals surface area contributed by atoms with Crippen molar-refractivity contribution in [1.82, 2.24) is 5.32 Å². The summed E-state index contributed by atoms with van der Waals surface area (Å²) in [6, 6.07) is 0. The molecule has 0 atom stereocenters. The number of nitrogens with one attached hydrogen (secondary N) is 1. The fourth-order valence-electron chi connectivity index (χ4n) is 1.19. The van der Waals surface area contributed by atoms with Crippen LogP contribution in [0.3, 0.4) is 0 Å². The average Bonchev–Trinajstić information content (AvgIpc) is 2.24. The highest BCUT2D eigenvalue weighted by Gasteiger charge is 2.05. The van der Waals surface area contributed by atoms with Crippen molar-refractivity contribution < 1.29 is 24.2 Å². The van der Waals surface area contributed by atoms with Gasteiger partial charge in [-0.2, -0.15) is 0 Å². The zero-order valence-corrected chi connectivity index (χ0v) is 10.0. The number of ether oxygens (including phenoxy) is 1. The van der Waals surface area contributed by atoms with E-state index in [1.807, 2.05) is 0 Å². The number of hydrogen-bond acceptors (Lipinski definition) is 4. The quantitative estimate of drug-likeness (QED) is 0.461. The lowest BCUT2D eigenvalue weighted by Crippen LogP contribution is -2.26. The fraction of sp³-hybridized carbons (Fsp3) is 0.727. The van der Waals surface area contributed by atoms with Gasteiger partial charge >= 0.3 is 11.9 Å². The molecule has 0 aliphatic rings. The molecule has 0 bridgehead atoms. The topological polar surface area (TPSA) is 92.7 Å². The number of carboxylic acid groups (broad SMARTS) is 1. The third kappa shape index (κ3) is 10.7. The van der Waals surface area contributed by atoms with Gasteiger partial charge in [-0.25, -0.2) is 0 Å². The Hall–Kier alpha value is -1.59. The summed E-state index contributed by atoms with van der Waals surface area (Å²) in [5.74, 6) is -1.36. The van der Waals surface area contributed by atoms with Crippen LogP contribution in [-0.2, 0) is 19.1 Å². The van der Waals surface area contributed by atoms with E-state index in [1.165, 1.54) is 0 Å². The van der Waals surface area contributed by atoms with E-state index < -0.39 is 5.97 Å². The molecule has 0 radical (unpaired) electrons. The highest BCUT2D eigenvalue weighted by atomic mass is 16.5. The molecule has 1 amide bonds. The summed E-state index contributed by atoms with van der Waals surface area (Å²) < 4.78 is 4.69. The van der Waals surface area contributed by atoms with Crippen molar-refractivity contribution in [2.75, 3.05) is 13.2 Å². The SMILES string of the molecule is CCOC(=O)CCNC(=O)CCCCC(=O)O. The van der Waals surface area contributed by atoms with Gasteiger partial charge in [0, 0.05) is 19.4 Å². The molecule has 2 N–H and O–H groups in total. The van der Waals surface area contributed by atoms with Crippen LogP contribution >= 0.6 is 0 Å². The van der Waals surface area contributed by atoms with E-state index in [4.69, 9.17) is 9.84 Å². The minimum atomic E-state index is -0.854. The van der Waals surface area contributed by atoms with Gasteiger partial charge in [0.2, 0.25) is 5.91 Å². The predicted molar refractivity (Wildman–Crippen MR) is 60.4 cm³/mol. The van der Waals surface area contributed by atoms with E-state index in [9.17, 15) is 14.4 Å². The maximum absolute atomic E-state index is 11.2. The lowest BCUT2D eigenvalue weighted by molar-refractivity contribution is -0.143. The fourth-order valence-corrected chi connectivity index (χ4v) is 1.19. The van der Waals surface area contributed by atoms with Gasteiger partial charge in [-0.05, 0) is 19.8 Å². The summed E-state index contributed by atoms with van der Waals surface area (Å²) in [5.41, 5.74) is 0. The van der Waals surface area contributed by atoms with Gasteiger partial charge < -0.3 is 15.2 Å². The maximum Gasteiger partial charge on any atom is 0.307 e. The van der Waals surface area contributed by atoms with Crippen LogP contribution in [0.1, 0.15) is 39.0 Å². The molecule has 0 rings (SSSR count). The third-order valence-electron chi connectivity index (χ3n) is 2.00. The van der Waals surface area contributed by atoms with E-state index >= 15 is 0 Å². The Morgan fingerprint density at radius 3 is 2.35 bits per heavy atom. The van der Waals surface area contributed by atoms with Gasteiger partial charge in [0.15, 0.2) is 0 Å². The molecule has 0 aromatic carbocycles. The van der Waals surface area contributed by atoms with Crippen molar-refractivity contribution in [3.05, 3.63) is 0 Å². The monoisotopic (exact) mass is 245 g/mol. The Balaban J connectivity index is 3.40. The third-order valence-corrected chi connectivity index (χ3v) is 2.00. The van der Waals surface area contributed by atoms with Gasteiger partial charge in [-0.1, -0.05) is 0 Å². The first-order valence-corrected chi connectivity index (χ1v) is 5.70. The summed E-state index contributed by atoms with van der Waals surface area (Å²) in [4.78, 5) is 32.3. The molecule has 0 aromatic heterocycles. The van der Waals surface area contributed by atoms with Crippen LogP contribution in [0.4, 0.5) is 0 Å². The first-order chi connectivity index (χ1) is 8.06. The Morgan fingerprint density at radius 1 is 1.12 bits per heavy atom. The van der Waals surface area contributed by atoms with E-state index in [0.29, 0.717) is 19.4 Å². The Bertz CT molecular complexity index is 265. The van der Waals surface area contributed by atoms with Crippen LogP contribution in [0, 0.1) is 0 Å². The number of carbonyl (C=O) groups excluding carboxylic acids is 2. The molecule has 0 fully saturated rings. The highest BCUT2D eigenvalue weighted by molar-refractivity contribution is 5.77. The lowest BCUT2D eigenvalue weighted by Gasteiger charge is -2.04. The molecular formula is C11H19NO5. The molecule has 6 nitrogen and oxygen atoms in total. The standard InChI is InChI=1S/C11H19NO5/c1-2-17-11(16)7-8-12-9(13)5-3-4-6-10(14)15/h2-8H2,1H3,(H,12,13)(H,14,15). The van der Waals surface area contributed by atoms with Crippen molar-refractivity contribution >= 4 is 17.8 Å². The maximum atomic E-state index is 11.2. The summed E-state index contributed by atoms with van der Waals surface area (Å²) >= 11 is 0. The van der Waals surface area contributed by atoms with Crippen molar-refractivity contribution in [3.8, 4) is 0 Å². The molecule has 0 aliphatic carbocycles. The Morgan fingerprint density at radius 2 is 1.76 bits per heavy atom. The van der Waals surface area contributed by atoms with Crippen LogP contribution in [-0.4, -0.2) is 36.1 Å². The molecule has 0 spiro atoms. The number of carbonyl (C=O) groups is 3. The van der Waals surface area contributed by atoms with E-state index in [-0.39, 0.29) is 37.7 Å². The molecule has 98 valence electrons. The second kappa shape index (κ2) is 9.62. The first kappa shape index (κ1) is 15.4. The molecule has 0 aromatic rings. The second-order valence-electron chi connectivity index (χ2n) is 3.51. The predicted octanol–water partition coefficient (Wildman–Crippen LogP) is 0.701. The zero-order chi connectivity index (χ0) is 13.1. The summed E-state index contributed by atoms with van der Waals surface area (Å²) in [6.45, 7) is 2.32. The molecule has 0 unspecified atom stereocenters. The Labute approximate surface area is 100 Å². The summed E-state index contributed by atoms with van der Waals surface area (Å²) in [6.07, 6.45) is 1.55. The van der Waals surface area contributed by atoms with E-state index in [1.54, 1.807) is 6.92 Å². The minimum absolute atomic E-state index is 0.0795. The number of amides is 1. The van der Waals surface area contributed by atoms with Crippen molar-refractivity contribution in [2.24, 2.45) is 0 Å². The largest absolute Gasteiger partial charge is 0.481 e. The number of unbranched alkanes of at least 4 members (excludes halogenated alkanes) is 1. The zero-order valence-electron chi connectivity index (χ0n) is 10.0. The summed E-state index contributed by atoms with van der Waals surface area (Å²) in [5, 5.41) is 11.0. The van der Waals surface area contributed by atoms with Crippen LogP contribution in [0.25, 0.3) is 0 Å². The van der Waals surface area contributed by atoms with Gasteiger partial charge in [-0.15, -0.1) is 0 Å². The van der Waals surface area contributed by atoms with Gasteiger partial charge in [0.1, 0.15) is 0 Å². The van der Waals surface area contributed by atoms with Crippen LogP contribution in [0.15, 0.2) is 0 Å². The second-order valence-corrected chi connectivity index (χ2v) is 3.51. The van der Waals surface area contributed by atoms with Gasteiger partial charge in [-0.3, -0.25) is 14.4 Å². The van der Waals surface area contributed by atoms with Crippen LogP contribution < -0.4 is 5.32 Å². The number of esters is 1. The normalized spacial score (nSPS) is 9.71. The van der Waals surface area contributed by atoms with Gasteiger partial charge in [0.05, 0.1) is 13.0 Å². The highest BCUT2D eigenvalue weighted by Crippen LogP contribution is 1.99. The van der Waals surface area contributed by atoms with Gasteiger partial charge in [0.25, 0.3) is 0 Å². The molecular weight excluding hydrogens is 226 g/mol. The molecule has 0 heterocycles. The smallest absolute Gasteiger partial charge is 0.307 e. The molecule has 0 saturated heterocycles. The Kier molecular flexibility index (Phi) is 8.72. The van der Waals surface area contributed by atoms with E-state index in [2.05, 4.69) is 5.32 Å². The van der Waals surface area contributed by atoms with Crippen molar-refractivity contribution in [2.45, 2.75) is 39.0 Å². The molecule has 6 heteroatoms. The number of rotatable bonds is 9. The van der Waals surface area contributed by atoms with Crippen LogP contribution in [0.5, 0.6) is 0 Å². The average molecular weight is 245 g/mol. The minimum Gasteiger partial charge on any atom is -0.481 e. The molecule has 0 saturated carbocycles. The van der Waals surface area contributed by atoms with Crippen LogP contribution in [0.2, 0.25) is 0 Å². The number of aliphatic carboxylic acids is 1. The lowest BCUT2D eigenvalue weighted by atomic mass is 10.2. The van der Waals surface area contributed by atoms with Crippen molar-refractivity contribution in [3.63, 3.8) is 0 Å². The summed E-state index contributed by atoms with van der Waals surface area (Å²) in [7, 11) is 0. The molecule has 17 heavy (non-hydrogen) atoms. The number of carboxylic acids is 1. The van der Waals surface area contributed by atoms with Crippen molar-refractivity contribution in [1.29, 1.82) is 0 Å².